The molecule has 1 heterocycles. The lowest BCUT2D eigenvalue weighted by molar-refractivity contribution is -0.121. The van der Waals surface area contributed by atoms with Crippen molar-refractivity contribution in [3.8, 4) is 5.75 Å². The highest BCUT2D eigenvalue weighted by Crippen LogP contribution is 2.13. The van der Waals surface area contributed by atoms with Crippen molar-refractivity contribution in [2.45, 2.75) is 25.8 Å². The lowest BCUT2D eigenvalue weighted by atomic mass is 10.1. The van der Waals surface area contributed by atoms with E-state index in [9.17, 15) is 14.7 Å². The second kappa shape index (κ2) is 7.04. The van der Waals surface area contributed by atoms with E-state index >= 15 is 0 Å². The lowest BCUT2D eigenvalue weighted by Gasteiger charge is -2.12. The van der Waals surface area contributed by atoms with Gasteiger partial charge < -0.3 is 10.4 Å². The second-order valence-corrected chi connectivity index (χ2v) is 5.86. The Morgan fingerprint density at radius 1 is 1.24 bits per heavy atom. The van der Waals surface area contributed by atoms with Crippen molar-refractivity contribution in [2.75, 3.05) is 0 Å². The zero-order chi connectivity index (χ0) is 15.2. The van der Waals surface area contributed by atoms with Gasteiger partial charge >= 0.3 is 0 Å². The summed E-state index contributed by atoms with van der Waals surface area (Å²) in [5.41, 5.74) is 0.821. The Hall–Kier alpha value is -2.14. The summed E-state index contributed by atoms with van der Waals surface area (Å²) in [6.07, 6.45) is 0.527. The number of carbonyl (C=O) groups excluding carboxylic acids is 2. The van der Waals surface area contributed by atoms with Crippen molar-refractivity contribution in [3.63, 3.8) is 0 Å². The smallest absolute Gasteiger partial charge is 0.224 e. The van der Waals surface area contributed by atoms with Gasteiger partial charge in [-0.25, -0.2) is 0 Å². The van der Waals surface area contributed by atoms with Gasteiger partial charge in [-0.05, 0) is 36.1 Å². The first kappa shape index (κ1) is 15.3. The van der Waals surface area contributed by atoms with Crippen LogP contribution in [0.2, 0.25) is 0 Å². The topological polar surface area (TPSA) is 66.4 Å². The van der Waals surface area contributed by atoms with Gasteiger partial charge in [0.2, 0.25) is 5.91 Å². The third-order valence-electron chi connectivity index (χ3n) is 3.00. The van der Waals surface area contributed by atoms with Crippen LogP contribution in [0.4, 0.5) is 0 Å². The maximum atomic E-state index is 11.9. The molecule has 1 amide bonds. The Kier molecular flexibility index (Phi) is 5.11. The number of hydrogen-bond acceptors (Lipinski definition) is 4. The second-order valence-electron chi connectivity index (χ2n) is 4.92. The molecule has 0 bridgehead atoms. The SMILES string of the molecule is CC(CC(=O)c1cccs1)NC(=O)Cc1ccc(O)cc1. The first-order valence-corrected chi connectivity index (χ1v) is 7.56. The summed E-state index contributed by atoms with van der Waals surface area (Å²) in [5, 5.41) is 13.9. The van der Waals surface area contributed by atoms with E-state index in [0.717, 1.165) is 10.4 Å². The zero-order valence-electron chi connectivity index (χ0n) is 11.7. The van der Waals surface area contributed by atoms with E-state index in [1.807, 2.05) is 18.4 Å². The van der Waals surface area contributed by atoms with Gasteiger partial charge in [-0.15, -0.1) is 11.3 Å². The maximum Gasteiger partial charge on any atom is 0.224 e. The number of hydrogen-bond donors (Lipinski definition) is 2. The molecule has 5 heteroatoms. The van der Waals surface area contributed by atoms with Gasteiger partial charge in [0.05, 0.1) is 11.3 Å². The number of carbonyl (C=O) groups is 2. The zero-order valence-corrected chi connectivity index (χ0v) is 12.5. The molecule has 21 heavy (non-hydrogen) atoms. The van der Waals surface area contributed by atoms with Crippen LogP contribution in [0, 0.1) is 0 Å². The van der Waals surface area contributed by atoms with E-state index < -0.39 is 0 Å². The first-order chi connectivity index (χ1) is 10.0. The first-order valence-electron chi connectivity index (χ1n) is 6.68. The number of phenolic OH excluding ortho intramolecular Hbond substituents is 1. The van der Waals surface area contributed by atoms with Crippen molar-refractivity contribution in [2.24, 2.45) is 0 Å². The number of aromatic hydroxyl groups is 1. The number of nitrogens with one attached hydrogen (secondary N) is 1. The van der Waals surface area contributed by atoms with E-state index in [0.29, 0.717) is 6.42 Å². The minimum Gasteiger partial charge on any atom is -0.508 e. The predicted octanol–water partition coefficient (Wildman–Crippen LogP) is 2.77. The minimum absolute atomic E-state index is 0.0439. The van der Waals surface area contributed by atoms with E-state index in [4.69, 9.17) is 0 Å². The van der Waals surface area contributed by atoms with Crippen LogP contribution in [0.3, 0.4) is 0 Å². The summed E-state index contributed by atoms with van der Waals surface area (Å²) < 4.78 is 0. The molecule has 2 aromatic rings. The van der Waals surface area contributed by atoms with Crippen molar-refractivity contribution in [3.05, 3.63) is 52.2 Å². The summed E-state index contributed by atoms with van der Waals surface area (Å²) in [5.74, 6) is 0.0867. The number of phenols is 1. The average molecular weight is 303 g/mol. The largest absolute Gasteiger partial charge is 0.508 e. The van der Waals surface area contributed by atoms with Gasteiger partial charge in [0, 0.05) is 12.5 Å². The van der Waals surface area contributed by atoms with Gasteiger partial charge in [-0.3, -0.25) is 9.59 Å². The molecule has 0 aliphatic rings. The van der Waals surface area contributed by atoms with Crippen LogP contribution in [0.25, 0.3) is 0 Å². The van der Waals surface area contributed by atoms with Crippen LogP contribution < -0.4 is 5.32 Å². The van der Waals surface area contributed by atoms with Gasteiger partial charge in [0.1, 0.15) is 5.75 Å². The third kappa shape index (κ3) is 4.72. The van der Waals surface area contributed by atoms with Crippen molar-refractivity contribution in [1.29, 1.82) is 0 Å². The molecule has 2 N–H and O–H groups in total. The highest BCUT2D eigenvalue weighted by molar-refractivity contribution is 7.12. The number of ketones is 1. The third-order valence-corrected chi connectivity index (χ3v) is 3.91. The van der Waals surface area contributed by atoms with Gasteiger partial charge in [-0.1, -0.05) is 18.2 Å². The molecule has 1 atom stereocenters. The standard InChI is InChI=1S/C16H17NO3S/c1-11(9-14(19)15-3-2-8-21-15)17-16(20)10-12-4-6-13(18)7-5-12/h2-8,11,18H,9-10H2,1H3,(H,17,20). The number of benzene rings is 1. The molecule has 1 aromatic heterocycles. The fraction of sp³-hybridized carbons (Fsp3) is 0.250. The molecule has 0 spiro atoms. The summed E-state index contributed by atoms with van der Waals surface area (Å²) in [6.45, 7) is 1.82. The van der Waals surface area contributed by atoms with Gasteiger partial charge in [0.15, 0.2) is 5.78 Å². The van der Waals surface area contributed by atoms with E-state index in [-0.39, 0.29) is 29.9 Å². The molecule has 2 rings (SSSR count). The monoisotopic (exact) mass is 303 g/mol. The Balaban J connectivity index is 1.82. The fourth-order valence-electron chi connectivity index (χ4n) is 1.99. The van der Waals surface area contributed by atoms with E-state index in [1.165, 1.54) is 11.3 Å². The number of rotatable bonds is 6. The van der Waals surface area contributed by atoms with Crippen LogP contribution in [0.1, 0.15) is 28.6 Å². The summed E-state index contributed by atoms with van der Waals surface area (Å²) in [7, 11) is 0. The lowest BCUT2D eigenvalue weighted by Crippen LogP contribution is -2.35. The maximum absolute atomic E-state index is 11.9. The van der Waals surface area contributed by atoms with Crippen LogP contribution in [-0.2, 0) is 11.2 Å². The van der Waals surface area contributed by atoms with Crippen LogP contribution in [-0.4, -0.2) is 22.8 Å². The normalized spacial score (nSPS) is 11.9. The highest BCUT2D eigenvalue weighted by atomic mass is 32.1. The molecule has 4 nitrogen and oxygen atoms in total. The molecule has 0 saturated carbocycles. The van der Waals surface area contributed by atoms with Gasteiger partial charge in [0.25, 0.3) is 0 Å². The predicted molar refractivity (Wildman–Crippen MR) is 82.7 cm³/mol. The molecule has 0 saturated heterocycles. The number of Topliss-reactive ketones (excluding diaryl/α,β-unsaturated/α-hetero) is 1. The van der Waals surface area contributed by atoms with E-state index in [2.05, 4.69) is 5.32 Å². The number of thiophene rings is 1. The molecule has 1 aromatic carbocycles. The molecule has 0 aliphatic carbocycles. The van der Waals surface area contributed by atoms with Crippen LogP contribution >= 0.6 is 11.3 Å². The van der Waals surface area contributed by atoms with Crippen molar-refractivity contribution in [1.82, 2.24) is 5.32 Å². The van der Waals surface area contributed by atoms with Gasteiger partial charge in [-0.2, -0.15) is 0 Å². The Bertz CT molecular complexity index is 605. The van der Waals surface area contributed by atoms with Crippen molar-refractivity contribution >= 4 is 23.0 Å². The molecule has 1 unspecified atom stereocenters. The molecule has 0 fully saturated rings. The molecular formula is C16H17NO3S. The summed E-state index contributed by atoms with van der Waals surface area (Å²) in [4.78, 5) is 24.5. The molecular weight excluding hydrogens is 286 g/mol. The Morgan fingerprint density at radius 3 is 2.57 bits per heavy atom. The molecule has 0 radical (unpaired) electrons. The molecule has 110 valence electrons. The minimum atomic E-state index is -0.204. The van der Waals surface area contributed by atoms with Crippen LogP contribution in [0.15, 0.2) is 41.8 Å². The fourth-order valence-corrected chi connectivity index (χ4v) is 2.67. The number of amides is 1. The average Bonchev–Trinajstić information content (AvgIpc) is 2.95. The Labute approximate surface area is 127 Å². The summed E-state index contributed by atoms with van der Waals surface area (Å²) in [6, 6.07) is 9.93. The van der Waals surface area contributed by atoms with Crippen molar-refractivity contribution < 1.29 is 14.7 Å². The molecule has 0 aliphatic heterocycles. The van der Waals surface area contributed by atoms with Crippen LogP contribution in [0.5, 0.6) is 5.75 Å². The van der Waals surface area contributed by atoms with E-state index in [1.54, 1.807) is 30.3 Å². The quantitative estimate of drug-likeness (QED) is 0.806. The summed E-state index contributed by atoms with van der Waals surface area (Å²) >= 11 is 1.41. The highest BCUT2D eigenvalue weighted by Gasteiger charge is 2.14. The Morgan fingerprint density at radius 2 is 1.95 bits per heavy atom.